The van der Waals surface area contributed by atoms with Gasteiger partial charge in [-0.15, -0.1) is 0 Å². The van der Waals surface area contributed by atoms with Crippen molar-refractivity contribution < 1.29 is 14.7 Å². The molecule has 4 N–H and O–H groups in total. The first-order chi connectivity index (χ1) is 21.8. The quantitative estimate of drug-likeness (QED) is 0.172. The van der Waals surface area contributed by atoms with Gasteiger partial charge in [0.15, 0.2) is 0 Å². The smallest absolute Gasteiger partial charge is 0.246 e. The minimum Gasteiger partial charge on any atom is -0.390 e. The summed E-state index contributed by atoms with van der Waals surface area (Å²) in [5.41, 5.74) is 4.12. The van der Waals surface area contributed by atoms with E-state index in [0.29, 0.717) is 38.8 Å². The number of benzene rings is 4. The SMILES string of the molecule is CN(C)c1cccc(CNC[C@@H](O)C(Cc2ccccc2)NC(=O)[C@]2(Cc3ccccc3)CC(Cc3ccccc3)C(=O)N2)c1. The van der Waals surface area contributed by atoms with E-state index in [0.717, 1.165) is 27.9 Å². The first-order valence-electron chi connectivity index (χ1n) is 15.7. The lowest BCUT2D eigenvalue weighted by molar-refractivity contribution is -0.131. The van der Waals surface area contributed by atoms with E-state index in [1.54, 1.807) is 0 Å². The second kappa shape index (κ2) is 15.0. The molecule has 234 valence electrons. The predicted octanol–water partition coefficient (Wildman–Crippen LogP) is 4.29. The van der Waals surface area contributed by atoms with Gasteiger partial charge in [0.1, 0.15) is 5.54 Å². The topological polar surface area (TPSA) is 93.7 Å². The van der Waals surface area contributed by atoms with Crippen LogP contribution in [-0.2, 0) is 35.4 Å². The summed E-state index contributed by atoms with van der Waals surface area (Å²) in [6, 6.07) is 37.3. The van der Waals surface area contributed by atoms with Gasteiger partial charge in [-0.05, 0) is 53.6 Å². The molecule has 1 aliphatic rings. The van der Waals surface area contributed by atoms with Gasteiger partial charge in [0, 0.05) is 45.2 Å². The van der Waals surface area contributed by atoms with Crippen LogP contribution in [0.3, 0.4) is 0 Å². The van der Waals surface area contributed by atoms with E-state index >= 15 is 0 Å². The van der Waals surface area contributed by atoms with Gasteiger partial charge in [-0.25, -0.2) is 0 Å². The molecule has 1 fully saturated rings. The number of nitrogens with one attached hydrogen (secondary N) is 3. The number of carbonyl (C=O) groups excluding carboxylic acids is 2. The Morgan fingerprint density at radius 1 is 0.867 bits per heavy atom. The summed E-state index contributed by atoms with van der Waals surface area (Å²) in [5, 5.41) is 21.2. The van der Waals surface area contributed by atoms with Crippen molar-refractivity contribution in [3.05, 3.63) is 138 Å². The normalized spacial score (nSPS) is 19.0. The molecule has 0 aromatic heterocycles. The molecule has 5 rings (SSSR count). The van der Waals surface area contributed by atoms with Gasteiger partial charge in [-0.1, -0.05) is 103 Å². The summed E-state index contributed by atoms with van der Waals surface area (Å²) >= 11 is 0. The average Bonchev–Trinajstić information content (AvgIpc) is 3.37. The molecule has 0 spiro atoms. The molecule has 0 bridgehead atoms. The van der Waals surface area contributed by atoms with Crippen molar-refractivity contribution in [2.75, 3.05) is 25.5 Å². The third-order valence-corrected chi connectivity index (χ3v) is 8.63. The number of aliphatic hydroxyl groups excluding tert-OH is 1. The summed E-state index contributed by atoms with van der Waals surface area (Å²) in [6.07, 6.45) is 0.888. The number of hydrogen-bond donors (Lipinski definition) is 4. The number of nitrogens with zero attached hydrogens (tertiary/aromatic N) is 1. The summed E-state index contributed by atoms with van der Waals surface area (Å²) < 4.78 is 0. The van der Waals surface area contributed by atoms with Crippen molar-refractivity contribution >= 4 is 17.5 Å². The molecule has 4 atom stereocenters. The van der Waals surface area contributed by atoms with E-state index < -0.39 is 17.7 Å². The van der Waals surface area contributed by atoms with Crippen LogP contribution in [0.5, 0.6) is 0 Å². The number of rotatable bonds is 14. The van der Waals surface area contributed by atoms with Crippen LogP contribution in [0.2, 0.25) is 0 Å². The molecule has 1 aliphatic heterocycles. The standard InChI is InChI=1S/C38H44N4O3/c1-42(2)33-20-12-19-31(22-33)26-39-27-35(43)34(23-29-15-8-4-9-16-29)40-37(45)38(24-30-17-10-5-11-18-30)25-32(36(44)41-38)21-28-13-6-3-7-14-28/h3-20,22,32,34-35,39,43H,21,23-27H2,1-2H3,(H,40,45)(H,41,44)/t32?,34?,35-,38+/m1/s1. The number of anilines is 1. The lowest BCUT2D eigenvalue weighted by Gasteiger charge is -2.33. The van der Waals surface area contributed by atoms with Crippen molar-refractivity contribution in [3.8, 4) is 0 Å². The highest BCUT2D eigenvalue weighted by Gasteiger charge is 2.50. The monoisotopic (exact) mass is 604 g/mol. The molecule has 7 heteroatoms. The van der Waals surface area contributed by atoms with Crippen molar-refractivity contribution in [3.63, 3.8) is 0 Å². The van der Waals surface area contributed by atoms with Crippen LogP contribution in [0.4, 0.5) is 5.69 Å². The molecular formula is C38H44N4O3. The molecule has 1 heterocycles. The first kappa shape index (κ1) is 31.9. The zero-order valence-electron chi connectivity index (χ0n) is 26.2. The fourth-order valence-corrected chi connectivity index (χ4v) is 6.17. The Labute approximate surface area is 266 Å². The van der Waals surface area contributed by atoms with Crippen LogP contribution >= 0.6 is 0 Å². The Morgan fingerprint density at radius 2 is 1.47 bits per heavy atom. The van der Waals surface area contributed by atoms with Crippen LogP contribution < -0.4 is 20.9 Å². The van der Waals surface area contributed by atoms with Crippen LogP contribution in [-0.4, -0.2) is 55.2 Å². The average molecular weight is 605 g/mol. The van der Waals surface area contributed by atoms with Gasteiger partial charge in [-0.3, -0.25) is 9.59 Å². The molecule has 7 nitrogen and oxygen atoms in total. The lowest BCUT2D eigenvalue weighted by Crippen LogP contribution is -2.60. The van der Waals surface area contributed by atoms with Crippen LogP contribution in [0.25, 0.3) is 0 Å². The van der Waals surface area contributed by atoms with Gasteiger partial charge in [0.25, 0.3) is 0 Å². The minimum absolute atomic E-state index is 0.119. The second-order valence-corrected chi connectivity index (χ2v) is 12.4. The van der Waals surface area contributed by atoms with E-state index in [4.69, 9.17) is 0 Å². The molecule has 0 radical (unpaired) electrons. The molecule has 4 aromatic rings. The van der Waals surface area contributed by atoms with E-state index in [1.807, 2.05) is 111 Å². The minimum atomic E-state index is -1.13. The molecule has 45 heavy (non-hydrogen) atoms. The van der Waals surface area contributed by atoms with Gasteiger partial charge in [0.05, 0.1) is 12.1 Å². The van der Waals surface area contributed by atoms with E-state index in [-0.39, 0.29) is 17.7 Å². The fourth-order valence-electron chi connectivity index (χ4n) is 6.17. The third-order valence-electron chi connectivity index (χ3n) is 8.63. The van der Waals surface area contributed by atoms with Crippen molar-refractivity contribution in [1.29, 1.82) is 0 Å². The highest BCUT2D eigenvalue weighted by molar-refractivity contribution is 5.96. The largest absolute Gasteiger partial charge is 0.390 e. The zero-order valence-corrected chi connectivity index (χ0v) is 26.2. The predicted molar refractivity (Wildman–Crippen MR) is 180 cm³/mol. The first-order valence-corrected chi connectivity index (χ1v) is 15.7. The summed E-state index contributed by atoms with van der Waals surface area (Å²) in [6.45, 7) is 0.874. The van der Waals surface area contributed by atoms with Gasteiger partial charge < -0.3 is 26.0 Å². The zero-order chi connectivity index (χ0) is 31.6. The van der Waals surface area contributed by atoms with Crippen LogP contribution in [0, 0.1) is 5.92 Å². The van der Waals surface area contributed by atoms with Crippen LogP contribution in [0.15, 0.2) is 115 Å². The van der Waals surface area contributed by atoms with Gasteiger partial charge >= 0.3 is 0 Å². The Balaban J connectivity index is 1.34. The van der Waals surface area contributed by atoms with Gasteiger partial charge in [-0.2, -0.15) is 0 Å². The highest BCUT2D eigenvalue weighted by atomic mass is 16.3. The van der Waals surface area contributed by atoms with Crippen LogP contribution in [0.1, 0.15) is 28.7 Å². The van der Waals surface area contributed by atoms with Crippen molar-refractivity contribution in [1.82, 2.24) is 16.0 Å². The molecule has 2 unspecified atom stereocenters. The molecule has 1 saturated heterocycles. The molecule has 0 saturated carbocycles. The number of amides is 2. The maximum Gasteiger partial charge on any atom is 0.246 e. The Bertz CT molecular complexity index is 1530. The van der Waals surface area contributed by atoms with E-state index in [9.17, 15) is 14.7 Å². The van der Waals surface area contributed by atoms with Crippen molar-refractivity contribution in [2.45, 2.75) is 49.9 Å². The molecular weight excluding hydrogens is 560 g/mol. The maximum atomic E-state index is 14.4. The third kappa shape index (κ3) is 8.59. The Hall–Kier alpha value is -4.46. The second-order valence-electron chi connectivity index (χ2n) is 12.4. The summed E-state index contributed by atoms with van der Waals surface area (Å²) in [7, 11) is 4.02. The van der Waals surface area contributed by atoms with E-state index in [2.05, 4.69) is 39.0 Å². The number of hydrogen-bond acceptors (Lipinski definition) is 5. The molecule has 2 amide bonds. The lowest BCUT2D eigenvalue weighted by atomic mass is 9.83. The summed E-state index contributed by atoms with van der Waals surface area (Å²) in [5.74, 6) is -0.723. The van der Waals surface area contributed by atoms with E-state index in [1.165, 1.54) is 0 Å². The van der Waals surface area contributed by atoms with Crippen molar-refractivity contribution in [2.24, 2.45) is 5.92 Å². The van der Waals surface area contributed by atoms with Gasteiger partial charge in [0.2, 0.25) is 11.8 Å². The highest BCUT2D eigenvalue weighted by Crippen LogP contribution is 2.32. The summed E-state index contributed by atoms with van der Waals surface area (Å²) in [4.78, 5) is 29.8. The number of carbonyl (C=O) groups is 2. The maximum absolute atomic E-state index is 14.4. The molecule has 4 aromatic carbocycles. The fraction of sp³-hybridized carbons (Fsp3) is 0.316. The number of aliphatic hydroxyl groups is 1. The molecule has 0 aliphatic carbocycles. The Morgan fingerprint density at radius 3 is 2.11 bits per heavy atom. The Kier molecular flexibility index (Phi) is 10.7.